The zero-order valence-corrected chi connectivity index (χ0v) is 6.50. The normalized spacial score (nSPS) is 37.5. The number of rotatable bonds is 1. The van der Waals surface area contributed by atoms with Crippen molar-refractivity contribution in [3.63, 3.8) is 0 Å². The van der Waals surface area contributed by atoms with Crippen LogP contribution in [0.1, 0.15) is 13.8 Å². The van der Waals surface area contributed by atoms with Crippen LogP contribution in [0, 0.1) is 0 Å². The fourth-order valence-corrected chi connectivity index (χ4v) is 1.11. The van der Waals surface area contributed by atoms with Crippen LogP contribution in [-0.4, -0.2) is 36.5 Å². The van der Waals surface area contributed by atoms with E-state index >= 15 is 0 Å². The summed E-state index contributed by atoms with van der Waals surface area (Å²) in [6.07, 6.45) is -0.160. The molecule has 0 amide bonds. The Balaban J connectivity index is 2.32. The third-order valence-electron chi connectivity index (χ3n) is 1.72. The summed E-state index contributed by atoms with van der Waals surface area (Å²) in [7, 11) is 0. The second-order valence-corrected chi connectivity index (χ2v) is 2.88. The topological polar surface area (TPSA) is 41.5 Å². The number of hydrogen-bond acceptors (Lipinski definition) is 3. The SMILES string of the molecule is C[C@@H]1CNC[C@H]([C@@H](C)O)O1. The molecule has 0 unspecified atom stereocenters. The smallest absolute Gasteiger partial charge is 0.0959 e. The van der Waals surface area contributed by atoms with Gasteiger partial charge in [0.1, 0.15) is 0 Å². The molecule has 3 atom stereocenters. The van der Waals surface area contributed by atoms with E-state index in [-0.39, 0.29) is 18.3 Å². The molecule has 0 aliphatic carbocycles. The minimum atomic E-state index is -0.366. The predicted molar refractivity (Wildman–Crippen MR) is 38.9 cm³/mol. The number of hydrogen-bond donors (Lipinski definition) is 2. The van der Waals surface area contributed by atoms with Gasteiger partial charge in [-0.2, -0.15) is 0 Å². The molecule has 0 spiro atoms. The van der Waals surface area contributed by atoms with Gasteiger partial charge in [0.15, 0.2) is 0 Å². The number of aliphatic hydroxyl groups excluding tert-OH is 1. The van der Waals surface area contributed by atoms with Crippen LogP contribution in [0.3, 0.4) is 0 Å². The maximum absolute atomic E-state index is 9.13. The summed E-state index contributed by atoms with van der Waals surface area (Å²) in [5, 5.41) is 12.3. The lowest BCUT2D eigenvalue weighted by atomic mass is 10.2. The Hall–Kier alpha value is -0.120. The zero-order chi connectivity index (χ0) is 7.56. The largest absolute Gasteiger partial charge is 0.391 e. The molecule has 1 aliphatic heterocycles. The molecular formula is C7H15NO2. The van der Waals surface area contributed by atoms with Crippen LogP contribution in [0.2, 0.25) is 0 Å². The van der Waals surface area contributed by atoms with Gasteiger partial charge in [-0.15, -0.1) is 0 Å². The van der Waals surface area contributed by atoms with Crippen molar-refractivity contribution in [2.45, 2.75) is 32.2 Å². The van der Waals surface area contributed by atoms with Crippen molar-refractivity contribution in [2.75, 3.05) is 13.1 Å². The van der Waals surface area contributed by atoms with Crippen molar-refractivity contribution in [2.24, 2.45) is 0 Å². The maximum atomic E-state index is 9.13. The lowest BCUT2D eigenvalue weighted by molar-refractivity contribution is -0.0821. The molecule has 0 aromatic rings. The van der Waals surface area contributed by atoms with Crippen LogP contribution >= 0.6 is 0 Å². The third-order valence-corrected chi connectivity index (χ3v) is 1.72. The Kier molecular flexibility index (Phi) is 2.65. The molecule has 0 saturated carbocycles. The molecule has 1 aliphatic rings. The molecule has 10 heavy (non-hydrogen) atoms. The van der Waals surface area contributed by atoms with Crippen LogP contribution in [0.5, 0.6) is 0 Å². The van der Waals surface area contributed by atoms with E-state index in [1.807, 2.05) is 6.92 Å². The van der Waals surface area contributed by atoms with Gasteiger partial charge in [-0.25, -0.2) is 0 Å². The second kappa shape index (κ2) is 3.32. The molecule has 1 fully saturated rings. The van der Waals surface area contributed by atoms with E-state index in [0.717, 1.165) is 13.1 Å². The Bertz CT molecular complexity index is 106. The first-order valence-electron chi connectivity index (χ1n) is 3.74. The molecule has 1 saturated heterocycles. The van der Waals surface area contributed by atoms with E-state index in [4.69, 9.17) is 9.84 Å². The molecule has 3 nitrogen and oxygen atoms in total. The van der Waals surface area contributed by atoms with Crippen LogP contribution < -0.4 is 5.32 Å². The van der Waals surface area contributed by atoms with Gasteiger partial charge in [-0.05, 0) is 13.8 Å². The van der Waals surface area contributed by atoms with Crippen LogP contribution in [-0.2, 0) is 4.74 Å². The van der Waals surface area contributed by atoms with Gasteiger partial charge in [-0.3, -0.25) is 0 Å². The molecular weight excluding hydrogens is 130 g/mol. The maximum Gasteiger partial charge on any atom is 0.0959 e. The van der Waals surface area contributed by atoms with Crippen molar-refractivity contribution in [3.8, 4) is 0 Å². The van der Waals surface area contributed by atoms with Gasteiger partial charge in [-0.1, -0.05) is 0 Å². The standard InChI is InChI=1S/C7H15NO2/c1-5-3-8-4-7(10-5)6(2)9/h5-9H,3-4H2,1-2H3/t5-,6-,7-/m1/s1. The van der Waals surface area contributed by atoms with E-state index in [2.05, 4.69) is 5.32 Å². The third kappa shape index (κ3) is 1.94. The quantitative estimate of drug-likeness (QED) is 0.534. The van der Waals surface area contributed by atoms with Gasteiger partial charge >= 0.3 is 0 Å². The van der Waals surface area contributed by atoms with Crippen molar-refractivity contribution in [1.29, 1.82) is 0 Å². The second-order valence-electron chi connectivity index (χ2n) is 2.88. The van der Waals surface area contributed by atoms with E-state index in [9.17, 15) is 0 Å². The minimum Gasteiger partial charge on any atom is -0.391 e. The van der Waals surface area contributed by atoms with Crippen LogP contribution in [0.4, 0.5) is 0 Å². The lowest BCUT2D eigenvalue weighted by Crippen LogP contribution is -2.47. The fraction of sp³-hybridized carbons (Fsp3) is 1.00. The molecule has 0 aromatic heterocycles. The summed E-state index contributed by atoms with van der Waals surface area (Å²) in [4.78, 5) is 0. The number of aliphatic hydroxyl groups is 1. The van der Waals surface area contributed by atoms with E-state index < -0.39 is 0 Å². The summed E-state index contributed by atoms with van der Waals surface area (Å²) >= 11 is 0. The number of nitrogens with one attached hydrogen (secondary N) is 1. The average molecular weight is 145 g/mol. The minimum absolute atomic E-state index is 0.0243. The highest BCUT2D eigenvalue weighted by molar-refractivity contribution is 4.75. The summed E-state index contributed by atoms with van der Waals surface area (Å²) < 4.78 is 5.44. The van der Waals surface area contributed by atoms with E-state index in [1.54, 1.807) is 6.92 Å². The van der Waals surface area contributed by atoms with Gasteiger partial charge < -0.3 is 15.2 Å². The molecule has 60 valence electrons. The van der Waals surface area contributed by atoms with Gasteiger partial charge in [0, 0.05) is 13.1 Å². The van der Waals surface area contributed by atoms with Gasteiger partial charge in [0.2, 0.25) is 0 Å². The number of morpholine rings is 1. The monoisotopic (exact) mass is 145 g/mol. The predicted octanol–water partition coefficient (Wildman–Crippen LogP) is -0.256. The Morgan fingerprint density at radius 1 is 1.60 bits per heavy atom. The van der Waals surface area contributed by atoms with Crippen LogP contribution in [0.15, 0.2) is 0 Å². The van der Waals surface area contributed by atoms with Crippen molar-refractivity contribution >= 4 is 0 Å². The first-order chi connectivity index (χ1) is 4.70. The van der Waals surface area contributed by atoms with Gasteiger partial charge in [0.25, 0.3) is 0 Å². The number of ether oxygens (including phenoxy) is 1. The molecule has 2 N–H and O–H groups in total. The highest BCUT2D eigenvalue weighted by Crippen LogP contribution is 2.06. The summed E-state index contributed by atoms with van der Waals surface area (Å²) in [6, 6.07) is 0. The molecule has 0 bridgehead atoms. The molecule has 1 heterocycles. The van der Waals surface area contributed by atoms with Crippen molar-refractivity contribution < 1.29 is 9.84 Å². The lowest BCUT2D eigenvalue weighted by Gasteiger charge is -2.30. The highest BCUT2D eigenvalue weighted by Gasteiger charge is 2.22. The van der Waals surface area contributed by atoms with Crippen molar-refractivity contribution in [1.82, 2.24) is 5.32 Å². The zero-order valence-electron chi connectivity index (χ0n) is 6.50. The van der Waals surface area contributed by atoms with Crippen LogP contribution in [0.25, 0.3) is 0 Å². The fourth-order valence-electron chi connectivity index (χ4n) is 1.11. The molecule has 0 radical (unpaired) electrons. The van der Waals surface area contributed by atoms with Gasteiger partial charge in [0.05, 0.1) is 18.3 Å². The first kappa shape index (κ1) is 7.98. The first-order valence-corrected chi connectivity index (χ1v) is 3.74. The summed E-state index contributed by atoms with van der Waals surface area (Å²) in [5.41, 5.74) is 0. The summed E-state index contributed by atoms with van der Waals surface area (Å²) in [5.74, 6) is 0. The van der Waals surface area contributed by atoms with E-state index in [1.165, 1.54) is 0 Å². The molecule has 3 heteroatoms. The average Bonchev–Trinajstić information content (AvgIpc) is 1.88. The molecule has 0 aromatic carbocycles. The Morgan fingerprint density at radius 2 is 2.30 bits per heavy atom. The van der Waals surface area contributed by atoms with Crippen molar-refractivity contribution in [3.05, 3.63) is 0 Å². The molecule has 1 rings (SSSR count). The Labute approximate surface area is 61.4 Å². The Morgan fingerprint density at radius 3 is 2.70 bits per heavy atom. The highest BCUT2D eigenvalue weighted by atomic mass is 16.5. The summed E-state index contributed by atoms with van der Waals surface area (Å²) in [6.45, 7) is 5.41. The van der Waals surface area contributed by atoms with E-state index in [0.29, 0.717) is 0 Å².